The molecule has 2 unspecified atom stereocenters. The first kappa shape index (κ1) is 15.4. The van der Waals surface area contributed by atoms with Crippen LogP contribution in [0.25, 0.3) is 0 Å². The molecule has 21 heavy (non-hydrogen) atoms. The lowest BCUT2D eigenvalue weighted by Crippen LogP contribution is -2.32. The molecule has 1 aliphatic rings. The number of carbonyl (C=O) groups excluding carboxylic acids is 1. The number of aliphatic carboxylic acids is 1. The molecular weight excluding hydrogens is 277 g/mol. The van der Waals surface area contributed by atoms with Gasteiger partial charge in [0.15, 0.2) is 0 Å². The Morgan fingerprint density at radius 3 is 2.67 bits per heavy atom. The van der Waals surface area contributed by atoms with Gasteiger partial charge in [0.1, 0.15) is 5.82 Å². The third-order valence-corrected chi connectivity index (χ3v) is 3.42. The summed E-state index contributed by atoms with van der Waals surface area (Å²) in [7, 11) is 0. The van der Waals surface area contributed by atoms with E-state index in [2.05, 4.69) is 5.32 Å². The molecule has 2 atom stereocenters. The molecule has 1 fully saturated rings. The second-order valence-electron chi connectivity index (χ2n) is 5.11. The van der Waals surface area contributed by atoms with E-state index in [1.165, 1.54) is 24.3 Å². The highest BCUT2D eigenvalue weighted by atomic mass is 19.1. The number of rotatable bonds is 6. The van der Waals surface area contributed by atoms with Gasteiger partial charge in [-0.25, -0.2) is 4.39 Å². The zero-order valence-electron chi connectivity index (χ0n) is 11.5. The Hall–Kier alpha value is -1.95. The van der Waals surface area contributed by atoms with Crippen LogP contribution in [0.5, 0.6) is 0 Å². The van der Waals surface area contributed by atoms with Crippen LogP contribution < -0.4 is 5.32 Å². The van der Waals surface area contributed by atoms with E-state index in [0.29, 0.717) is 12.2 Å². The molecule has 1 saturated heterocycles. The summed E-state index contributed by atoms with van der Waals surface area (Å²) in [4.78, 5) is 22.9. The van der Waals surface area contributed by atoms with E-state index in [4.69, 9.17) is 9.84 Å². The van der Waals surface area contributed by atoms with Crippen LogP contribution in [0.1, 0.15) is 37.3 Å². The van der Waals surface area contributed by atoms with Crippen LogP contribution in [0.2, 0.25) is 0 Å². The molecule has 114 valence electrons. The maximum Gasteiger partial charge on any atom is 0.305 e. The maximum atomic E-state index is 12.9. The molecular formula is C15H18FNO4. The lowest BCUT2D eigenvalue weighted by molar-refractivity contribution is -0.137. The van der Waals surface area contributed by atoms with Gasteiger partial charge < -0.3 is 15.2 Å². The van der Waals surface area contributed by atoms with Gasteiger partial charge in [0, 0.05) is 6.61 Å². The van der Waals surface area contributed by atoms with E-state index in [-0.39, 0.29) is 24.9 Å². The van der Waals surface area contributed by atoms with Gasteiger partial charge in [-0.05, 0) is 30.5 Å². The van der Waals surface area contributed by atoms with Crippen LogP contribution in [-0.2, 0) is 14.3 Å². The van der Waals surface area contributed by atoms with Gasteiger partial charge in [-0.2, -0.15) is 0 Å². The first-order valence-corrected chi connectivity index (χ1v) is 6.93. The van der Waals surface area contributed by atoms with Crippen LogP contribution >= 0.6 is 0 Å². The predicted molar refractivity (Wildman–Crippen MR) is 73.1 cm³/mol. The molecule has 1 aliphatic heterocycles. The van der Waals surface area contributed by atoms with E-state index >= 15 is 0 Å². The second kappa shape index (κ2) is 7.17. The van der Waals surface area contributed by atoms with Crippen molar-refractivity contribution in [2.24, 2.45) is 0 Å². The molecule has 6 heteroatoms. The third-order valence-electron chi connectivity index (χ3n) is 3.42. The fourth-order valence-corrected chi connectivity index (χ4v) is 2.39. The summed E-state index contributed by atoms with van der Waals surface area (Å²) in [6, 6.07) is 4.79. The van der Waals surface area contributed by atoms with Crippen LogP contribution in [-0.4, -0.2) is 29.7 Å². The summed E-state index contributed by atoms with van der Waals surface area (Å²) >= 11 is 0. The Bertz CT molecular complexity index is 497. The predicted octanol–water partition coefficient (Wildman–Crippen LogP) is 2.03. The molecule has 0 saturated carbocycles. The van der Waals surface area contributed by atoms with Gasteiger partial charge in [0.25, 0.3) is 0 Å². The zero-order valence-corrected chi connectivity index (χ0v) is 11.5. The highest BCUT2D eigenvalue weighted by Gasteiger charge is 2.22. The molecule has 2 rings (SSSR count). The number of ether oxygens (including phenoxy) is 1. The van der Waals surface area contributed by atoms with Gasteiger partial charge in [0.2, 0.25) is 5.91 Å². The number of amides is 1. The first-order chi connectivity index (χ1) is 10.0. The number of carbonyl (C=O) groups is 2. The zero-order chi connectivity index (χ0) is 15.2. The molecule has 5 nitrogen and oxygen atoms in total. The van der Waals surface area contributed by atoms with Gasteiger partial charge in [-0.3, -0.25) is 9.59 Å². The standard InChI is InChI=1S/C15H18FNO4/c16-11-5-3-10(4-6-11)13(9-15(19)20)17-14(18)8-12-2-1-7-21-12/h3-6,12-13H,1-2,7-9H2,(H,17,18)(H,19,20). The molecule has 0 radical (unpaired) electrons. The highest BCUT2D eigenvalue weighted by Crippen LogP contribution is 2.19. The Balaban J connectivity index is 1.99. The maximum absolute atomic E-state index is 12.9. The van der Waals surface area contributed by atoms with Crippen LogP contribution in [0.4, 0.5) is 4.39 Å². The molecule has 0 aromatic heterocycles. The average molecular weight is 295 g/mol. The lowest BCUT2D eigenvalue weighted by atomic mass is 10.0. The highest BCUT2D eigenvalue weighted by molar-refractivity contribution is 5.78. The van der Waals surface area contributed by atoms with E-state index < -0.39 is 17.8 Å². The molecule has 0 spiro atoms. The number of carboxylic acid groups (broad SMARTS) is 1. The summed E-state index contributed by atoms with van der Waals surface area (Å²) in [6.45, 7) is 0.661. The number of halogens is 1. The van der Waals surface area contributed by atoms with E-state index in [0.717, 1.165) is 12.8 Å². The van der Waals surface area contributed by atoms with Crippen molar-refractivity contribution in [2.75, 3.05) is 6.61 Å². The lowest BCUT2D eigenvalue weighted by Gasteiger charge is -2.18. The average Bonchev–Trinajstić information content (AvgIpc) is 2.91. The molecule has 1 amide bonds. The summed E-state index contributed by atoms with van der Waals surface area (Å²) < 4.78 is 18.3. The van der Waals surface area contributed by atoms with Crippen LogP contribution in [0.15, 0.2) is 24.3 Å². The van der Waals surface area contributed by atoms with Crippen molar-refractivity contribution in [3.05, 3.63) is 35.6 Å². The fourth-order valence-electron chi connectivity index (χ4n) is 2.39. The Morgan fingerprint density at radius 2 is 2.10 bits per heavy atom. The Morgan fingerprint density at radius 1 is 1.38 bits per heavy atom. The van der Waals surface area contributed by atoms with Crippen molar-refractivity contribution in [1.82, 2.24) is 5.32 Å². The SMILES string of the molecule is O=C(O)CC(NC(=O)CC1CCCO1)c1ccc(F)cc1. The van der Waals surface area contributed by atoms with E-state index in [9.17, 15) is 14.0 Å². The number of benzene rings is 1. The van der Waals surface area contributed by atoms with Gasteiger partial charge in [-0.15, -0.1) is 0 Å². The third kappa shape index (κ3) is 4.82. The fraction of sp³-hybridized carbons (Fsp3) is 0.467. The molecule has 0 bridgehead atoms. The number of hydrogen-bond acceptors (Lipinski definition) is 3. The Labute approximate surface area is 122 Å². The van der Waals surface area contributed by atoms with Crippen LogP contribution in [0, 0.1) is 5.82 Å². The minimum atomic E-state index is -1.03. The molecule has 1 aromatic rings. The second-order valence-corrected chi connectivity index (χ2v) is 5.11. The summed E-state index contributed by atoms with van der Waals surface area (Å²) in [6.07, 6.45) is 1.66. The first-order valence-electron chi connectivity index (χ1n) is 6.93. The van der Waals surface area contributed by atoms with Crippen molar-refractivity contribution >= 4 is 11.9 Å². The minimum absolute atomic E-state index is 0.0938. The van der Waals surface area contributed by atoms with Gasteiger partial charge in [0.05, 0.1) is 25.0 Å². The van der Waals surface area contributed by atoms with Gasteiger partial charge in [-0.1, -0.05) is 12.1 Å². The number of carboxylic acids is 1. The monoisotopic (exact) mass is 295 g/mol. The topological polar surface area (TPSA) is 75.6 Å². The van der Waals surface area contributed by atoms with Crippen molar-refractivity contribution < 1.29 is 23.8 Å². The molecule has 0 aliphatic carbocycles. The molecule has 1 heterocycles. The van der Waals surface area contributed by atoms with Crippen molar-refractivity contribution in [3.63, 3.8) is 0 Å². The normalized spacial score (nSPS) is 19.2. The van der Waals surface area contributed by atoms with Crippen molar-refractivity contribution in [2.45, 2.75) is 37.8 Å². The molecule has 1 aromatic carbocycles. The van der Waals surface area contributed by atoms with E-state index in [1.54, 1.807) is 0 Å². The number of nitrogens with one attached hydrogen (secondary N) is 1. The summed E-state index contributed by atoms with van der Waals surface area (Å²) in [5.41, 5.74) is 0.569. The minimum Gasteiger partial charge on any atom is -0.481 e. The Kier molecular flexibility index (Phi) is 5.27. The van der Waals surface area contributed by atoms with E-state index in [1.807, 2.05) is 0 Å². The largest absolute Gasteiger partial charge is 0.481 e. The smallest absolute Gasteiger partial charge is 0.305 e. The summed E-state index contributed by atoms with van der Waals surface area (Å²) in [5.74, 6) is -1.68. The van der Waals surface area contributed by atoms with Gasteiger partial charge >= 0.3 is 5.97 Å². The van der Waals surface area contributed by atoms with Crippen molar-refractivity contribution in [3.8, 4) is 0 Å². The van der Waals surface area contributed by atoms with Crippen molar-refractivity contribution in [1.29, 1.82) is 0 Å². The summed E-state index contributed by atoms with van der Waals surface area (Å²) in [5, 5.41) is 11.6. The quantitative estimate of drug-likeness (QED) is 0.842. The number of hydrogen-bond donors (Lipinski definition) is 2. The van der Waals surface area contributed by atoms with Crippen LogP contribution in [0.3, 0.4) is 0 Å². The molecule has 2 N–H and O–H groups in total.